The number of nitrogens with zero attached hydrogens (tertiary/aromatic N) is 4. The minimum absolute atomic E-state index is 0.0410. The van der Waals surface area contributed by atoms with Crippen LogP contribution in [0.15, 0.2) is 94.2 Å². The van der Waals surface area contributed by atoms with Crippen LogP contribution in [0, 0.1) is 0 Å². The summed E-state index contributed by atoms with van der Waals surface area (Å²) in [6.07, 6.45) is 3.43. The van der Waals surface area contributed by atoms with Crippen LogP contribution in [-0.4, -0.2) is 28.0 Å². The number of thioether (sulfide) groups is 1. The van der Waals surface area contributed by atoms with Crippen LogP contribution in [0.2, 0.25) is 0 Å². The van der Waals surface area contributed by atoms with Crippen molar-refractivity contribution >= 4 is 57.2 Å². The quantitative estimate of drug-likeness (QED) is 0.304. The van der Waals surface area contributed by atoms with E-state index in [1.54, 1.807) is 17.0 Å². The molecular weight excluding hydrogens is 474 g/mol. The SMILES string of the molecule is CC(C)[n+]1cc(NC(=O)CSC2=N/C(=C/c3cccc4ccccc34)C(=O)N2c2ccccc2)on1. The van der Waals surface area contributed by atoms with E-state index in [0.717, 1.165) is 16.3 Å². The molecule has 0 saturated carbocycles. The summed E-state index contributed by atoms with van der Waals surface area (Å²) < 4.78 is 6.78. The molecule has 180 valence electrons. The Morgan fingerprint density at radius 3 is 2.61 bits per heavy atom. The van der Waals surface area contributed by atoms with Gasteiger partial charge >= 0.3 is 5.88 Å². The van der Waals surface area contributed by atoms with Crippen LogP contribution < -0.4 is 14.9 Å². The van der Waals surface area contributed by atoms with E-state index >= 15 is 0 Å². The molecule has 1 aliphatic rings. The van der Waals surface area contributed by atoms with Gasteiger partial charge in [0.1, 0.15) is 5.70 Å². The lowest BCUT2D eigenvalue weighted by molar-refractivity contribution is -0.779. The van der Waals surface area contributed by atoms with Crippen LogP contribution in [0.3, 0.4) is 0 Å². The molecule has 2 heterocycles. The summed E-state index contributed by atoms with van der Waals surface area (Å²) in [6.45, 7) is 3.92. The normalized spacial score (nSPS) is 14.6. The Morgan fingerprint density at radius 2 is 1.83 bits per heavy atom. The van der Waals surface area contributed by atoms with Gasteiger partial charge in [0.15, 0.2) is 11.2 Å². The number of nitrogens with one attached hydrogen (secondary N) is 1. The molecule has 0 bridgehead atoms. The average Bonchev–Trinajstić information content (AvgIpc) is 3.48. The minimum atomic E-state index is -0.290. The first kappa shape index (κ1) is 23.5. The van der Waals surface area contributed by atoms with Crippen LogP contribution in [0.1, 0.15) is 25.5 Å². The maximum absolute atomic E-state index is 13.5. The fraction of sp³-hybridized carbons (Fsp3) is 0.148. The Hall–Kier alpha value is -4.24. The van der Waals surface area contributed by atoms with E-state index in [2.05, 4.69) is 15.6 Å². The van der Waals surface area contributed by atoms with E-state index < -0.39 is 0 Å². The monoisotopic (exact) mass is 498 g/mol. The molecule has 1 aliphatic heterocycles. The summed E-state index contributed by atoms with van der Waals surface area (Å²) >= 11 is 1.18. The third kappa shape index (κ3) is 4.92. The van der Waals surface area contributed by atoms with Crippen molar-refractivity contribution in [1.29, 1.82) is 0 Å². The Labute approximate surface area is 212 Å². The van der Waals surface area contributed by atoms with Gasteiger partial charge in [-0.1, -0.05) is 72.4 Å². The van der Waals surface area contributed by atoms with Gasteiger partial charge in [-0.05, 0) is 53.1 Å². The lowest BCUT2D eigenvalue weighted by atomic mass is 10.0. The molecule has 0 fully saturated rings. The van der Waals surface area contributed by atoms with Crippen LogP contribution in [0.25, 0.3) is 16.8 Å². The number of benzene rings is 3. The van der Waals surface area contributed by atoms with Crippen LogP contribution >= 0.6 is 11.8 Å². The van der Waals surface area contributed by atoms with Gasteiger partial charge in [-0.2, -0.15) is 0 Å². The second-order valence-electron chi connectivity index (χ2n) is 8.45. The number of fused-ring (bicyclic) bond motifs is 1. The van der Waals surface area contributed by atoms with Crippen molar-refractivity contribution in [3.8, 4) is 0 Å². The first-order valence-electron chi connectivity index (χ1n) is 11.5. The highest BCUT2D eigenvalue weighted by Crippen LogP contribution is 2.30. The second-order valence-corrected chi connectivity index (χ2v) is 9.39. The molecule has 1 N–H and O–H groups in total. The van der Waals surface area contributed by atoms with Gasteiger partial charge < -0.3 is 0 Å². The van der Waals surface area contributed by atoms with E-state index in [1.807, 2.05) is 86.6 Å². The Balaban J connectivity index is 1.40. The maximum Gasteiger partial charge on any atom is 0.302 e. The van der Waals surface area contributed by atoms with Gasteiger partial charge in [0.25, 0.3) is 12.1 Å². The number of hydrogen-bond acceptors (Lipinski definition) is 6. The highest BCUT2D eigenvalue weighted by Gasteiger charge is 2.32. The minimum Gasteiger partial charge on any atom is -0.288 e. The maximum atomic E-state index is 13.5. The summed E-state index contributed by atoms with van der Waals surface area (Å²) in [5.41, 5.74) is 1.90. The van der Waals surface area contributed by atoms with Gasteiger partial charge in [0.05, 0.1) is 11.4 Å². The first-order valence-corrected chi connectivity index (χ1v) is 12.5. The molecule has 0 unspecified atom stereocenters. The summed E-state index contributed by atoms with van der Waals surface area (Å²) in [5, 5.41) is 9.12. The number of aromatic nitrogens is 2. The predicted molar refractivity (Wildman–Crippen MR) is 141 cm³/mol. The zero-order chi connectivity index (χ0) is 25.1. The lowest BCUT2D eigenvalue weighted by Crippen LogP contribution is -2.37. The number of amidine groups is 1. The van der Waals surface area contributed by atoms with Crippen molar-refractivity contribution < 1.29 is 18.8 Å². The number of amides is 2. The number of aliphatic imine (C=N–C) groups is 1. The lowest BCUT2D eigenvalue weighted by Gasteiger charge is -2.17. The van der Waals surface area contributed by atoms with Crippen LogP contribution in [0.5, 0.6) is 0 Å². The molecule has 0 aliphatic carbocycles. The zero-order valence-corrected chi connectivity index (χ0v) is 20.6. The number of para-hydroxylation sites is 1. The van der Waals surface area contributed by atoms with Crippen molar-refractivity contribution in [3.63, 3.8) is 0 Å². The third-order valence-corrected chi connectivity index (χ3v) is 6.51. The number of rotatable bonds is 6. The number of carbonyl (C=O) groups excluding carboxylic acids is 2. The van der Waals surface area contributed by atoms with Crippen LogP contribution in [-0.2, 0) is 9.59 Å². The van der Waals surface area contributed by atoms with Crippen molar-refractivity contribution in [3.05, 3.63) is 90.3 Å². The summed E-state index contributed by atoms with van der Waals surface area (Å²) in [4.78, 5) is 32.2. The van der Waals surface area contributed by atoms with E-state index in [-0.39, 0.29) is 29.5 Å². The summed E-state index contributed by atoms with van der Waals surface area (Å²) in [6, 6.07) is 23.4. The molecule has 0 radical (unpaired) electrons. The van der Waals surface area contributed by atoms with Crippen molar-refractivity contribution in [2.75, 3.05) is 16.0 Å². The fourth-order valence-electron chi connectivity index (χ4n) is 3.78. The van der Waals surface area contributed by atoms with Gasteiger partial charge in [-0.15, -0.1) is 0 Å². The Kier molecular flexibility index (Phi) is 6.64. The van der Waals surface area contributed by atoms with E-state index in [9.17, 15) is 9.59 Å². The van der Waals surface area contributed by atoms with E-state index in [1.165, 1.54) is 16.7 Å². The largest absolute Gasteiger partial charge is 0.302 e. The fourth-order valence-corrected chi connectivity index (χ4v) is 4.59. The zero-order valence-electron chi connectivity index (χ0n) is 19.8. The Bertz CT molecular complexity index is 1490. The smallest absolute Gasteiger partial charge is 0.288 e. The molecule has 2 amide bonds. The highest BCUT2D eigenvalue weighted by atomic mass is 32.2. The number of hydrogen-bond donors (Lipinski definition) is 1. The molecule has 0 saturated heterocycles. The van der Waals surface area contributed by atoms with Gasteiger partial charge in [0, 0.05) is 0 Å². The van der Waals surface area contributed by atoms with E-state index in [4.69, 9.17) is 4.52 Å². The number of anilines is 2. The molecule has 3 aromatic carbocycles. The molecule has 36 heavy (non-hydrogen) atoms. The van der Waals surface area contributed by atoms with Gasteiger partial charge in [-0.25, -0.2) is 4.99 Å². The molecule has 4 aromatic rings. The molecule has 5 rings (SSSR count). The standard InChI is InChI=1S/C27H23N5O3S/c1-18(2)31-16-25(35-30-31)29-24(33)17-36-27-28-23(26(34)32(27)21-12-4-3-5-13-21)15-20-11-8-10-19-9-6-7-14-22(19)20/h3-16,18H,17H2,1-2H3/p+1/b23-15+. The third-order valence-electron chi connectivity index (χ3n) is 5.57. The first-order chi connectivity index (χ1) is 17.5. The van der Waals surface area contributed by atoms with Crippen molar-refractivity contribution in [1.82, 2.24) is 5.27 Å². The van der Waals surface area contributed by atoms with E-state index in [0.29, 0.717) is 16.6 Å². The average molecular weight is 499 g/mol. The highest BCUT2D eigenvalue weighted by molar-refractivity contribution is 8.14. The summed E-state index contributed by atoms with van der Waals surface area (Å²) in [7, 11) is 0. The molecule has 8 nitrogen and oxygen atoms in total. The molecular formula is C27H24N5O3S+. The molecule has 0 atom stereocenters. The summed E-state index contributed by atoms with van der Waals surface area (Å²) in [5.74, 6) is -0.235. The number of carbonyl (C=O) groups is 2. The van der Waals surface area contributed by atoms with Gasteiger partial charge in [-0.3, -0.25) is 24.3 Å². The second kappa shape index (κ2) is 10.2. The molecule has 0 spiro atoms. The Morgan fingerprint density at radius 1 is 1.08 bits per heavy atom. The van der Waals surface area contributed by atoms with Gasteiger partial charge in [0.2, 0.25) is 11.2 Å². The van der Waals surface area contributed by atoms with Crippen molar-refractivity contribution in [2.45, 2.75) is 19.9 Å². The molecule has 9 heteroatoms. The predicted octanol–water partition coefficient (Wildman–Crippen LogP) is 4.81. The topological polar surface area (TPSA) is 91.7 Å². The van der Waals surface area contributed by atoms with Crippen molar-refractivity contribution in [2.24, 2.45) is 4.99 Å². The molecule has 1 aromatic heterocycles. The van der Waals surface area contributed by atoms with Crippen LogP contribution in [0.4, 0.5) is 11.6 Å².